The van der Waals surface area contributed by atoms with Crippen LogP contribution in [0, 0.1) is 35.0 Å². The Morgan fingerprint density at radius 2 is 1.50 bits per heavy atom. The molecular formula is C21H32F2O3. The van der Waals surface area contributed by atoms with Gasteiger partial charge in [-0.15, -0.1) is 0 Å². The average Bonchev–Trinajstić information content (AvgIpc) is 3.14. The van der Waals surface area contributed by atoms with Gasteiger partial charge in [0.05, 0.1) is 18.8 Å². The summed E-state index contributed by atoms with van der Waals surface area (Å²) >= 11 is 0. The third-order valence-corrected chi connectivity index (χ3v) is 9.08. The van der Waals surface area contributed by atoms with Gasteiger partial charge in [-0.05, 0) is 69.1 Å². The van der Waals surface area contributed by atoms with Crippen LogP contribution in [-0.4, -0.2) is 35.6 Å². The zero-order valence-electron chi connectivity index (χ0n) is 16.0. The fraction of sp³-hybridized carbons (Fsp3) is 1.00. The van der Waals surface area contributed by atoms with Crippen molar-refractivity contribution < 1.29 is 23.4 Å². The Balaban J connectivity index is 1.46. The third-order valence-electron chi connectivity index (χ3n) is 9.08. The van der Waals surface area contributed by atoms with Gasteiger partial charge in [-0.25, -0.2) is 8.78 Å². The molecule has 1 saturated heterocycles. The van der Waals surface area contributed by atoms with Crippen molar-refractivity contribution in [2.75, 3.05) is 13.2 Å². The summed E-state index contributed by atoms with van der Waals surface area (Å²) in [6.07, 6.45) is 5.48. The number of halogens is 2. The van der Waals surface area contributed by atoms with E-state index in [-0.39, 0.29) is 36.0 Å². The van der Waals surface area contributed by atoms with Crippen LogP contribution in [0.15, 0.2) is 0 Å². The predicted molar refractivity (Wildman–Crippen MR) is 92.7 cm³/mol. The van der Waals surface area contributed by atoms with E-state index in [4.69, 9.17) is 9.47 Å². The minimum Gasteiger partial charge on any atom is -0.390 e. The summed E-state index contributed by atoms with van der Waals surface area (Å²) in [6.45, 7) is 5.24. The first-order chi connectivity index (χ1) is 12.2. The molecule has 0 radical (unpaired) electrons. The Bertz CT molecular complexity index is 586. The summed E-state index contributed by atoms with van der Waals surface area (Å²) in [5.41, 5.74) is -1.06. The van der Waals surface area contributed by atoms with Gasteiger partial charge in [0.1, 0.15) is 0 Å². The maximum Gasteiger partial charge on any atom is 0.251 e. The molecule has 5 rings (SSSR count). The van der Waals surface area contributed by atoms with E-state index < -0.39 is 23.2 Å². The standard InChI is InChI=1S/C21H32F2O3/c1-18(24)6-3-14-13-4-7-19(2)16(5-8-21(19)25-9-10-26-21)15(13)11-20(22,23)17(14)12-18/h13-17,24H,3-12H2,1-2H3/t13-,14-,15-,16+,17?,18-,19+/m1/s1. The average molecular weight is 370 g/mol. The molecule has 3 nitrogen and oxygen atoms in total. The molecule has 0 aromatic carbocycles. The summed E-state index contributed by atoms with van der Waals surface area (Å²) in [5, 5.41) is 10.4. The van der Waals surface area contributed by atoms with E-state index in [0.29, 0.717) is 25.6 Å². The van der Waals surface area contributed by atoms with Crippen LogP contribution in [0.1, 0.15) is 65.2 Å². The second-order valence-corrected chi connectivity index (χ2v) is 10.4. The molecule has 1 spiro atoms. The van der Waals surface area contributed by atoms with Gasteiger partial charge >= 0.3 is 0 Å². The van der Waals surface area contributed by atoms with Crippen molar-refractivity contribution >= 4 is 0 Å². The van der Waals surface area contributed by atoms with E-state index in [1.807, 2.05) is 0 Å². The lowest BCUT2D eigenvalue weighted by molar-refractivity contribution is -0.259. The lowest BCUT2D eigenvalue weighted by Crippen LogP contribution is -2.59. The zero-order valence-corrected chi connectivity index (χ0v) is 16.0. The van der Waals surface area contributed by atoms with Crippen molar-refractivity contribution in [1.29, 1.82) is 0 Å². The van der Waals surface area contributed by atoms with Crippen molar-refractivity contribution in [2.45, 2.75) is 82.5 Å². The highest BCUT2D eigenvalue weighted by Crippen LogP contribution is 2.69. The van der Waals surface area contributed by atoms with Gasteiger partial charge in [0.15, 0.2) is 5.79 Å². The molecule has 5 aliphatic rings. The molecule has 1 aliphatic heterocycles. The van der Waals surface area contributed by atoms with Gasteiger partial charge in [0.2, 0.25) is 0 Å². The normalized spacial score (nSPS) is 54.6. The Labute approximate surface area is 154 Å². The van der Waals surface area contributed by atoms with Gasteiger partial charge < -0.3 is 14.6 Å². The van der Waals surface area contributed by atoms with E-state index in [1.54, 1.807) is 6.92 Å². The summed E-state index contributed by atoms with van der Waals surface area (Å²) < 4.78 is 42.7. The Morgan fingerprint density at radius 3 is 2.23 bits per heavy atom. The van der Waals surface area contributed by atoms with Crippen LogP contribution in [0.5, 0.6) is 0 Å². The molecule has 148 valence electrons. The molecule has 0 bridgehead atoms. The van der Waals surface area contributed by atoms with Crippen molar-refractivity contribution in [1.82, 2.24) is 0 Å². The maximum absolute atomic E-state index is 15.2. The zero-order chi connectivity index (χ0) is 18.4. The quantitative estimate of drug-likeness (QED) is 0.688. The van der Waals surface area contributed by atoms with E-state index in [1.165, 1.54) is 0 Å². The predicted octanol–water partition coefficient (Wildman–Crippen LogP) is 4.38. The van der Waals surface area contributed by atoms with Crippen LogP contribution in [0.25, 0.3) is 0 Å². The fourth-order valence-corrected chi connectivity index (χ4v) is 7.87. The van der Waals surface area contributed by atoms with Crippen molar-refractivity contribution in [3.05, 3.63) is 0 Å². The van der Waals surface area contributed by atoms with Crippen LogP contribution < -0.4 is 0 Å². The fourth-order valence-electron chi connectivity index (χ4n) is 7.87. The molecule has 4 aliphatic carbocycles. The molecule has 5 fully saturated rings. The minimum absolute atomic E-state index is 0.00868. The molecular weight excluding hydrogens is 338 g/mol. The Hall–Kier alpha value is -0.260. The molecule has 0 amide bonds. The monoisotopic (exact) mass is 370 g/mol. The highest BCUT2D eigenvalue weighted by atomic mass is 19.3. The van der Waals surface area contributed by atoms with Gasteiger partial charge in [-0.2, -0.15) is 0 Å². The third kappa shape index (κ3) is 2.26. The first kappa shape index (κ1) is 17.8. The molecule has 5 heteroatoms. The van der Waals surface area contributed by atoms with E-state index in [2.05, 4.69) is 6.92 Å². The van der Waals surface area contributed by atoms with Crippen molar-refractivity contribution in [3.8, 4) is 0 Å². The lowest BCUT2D eigenvalue weighted by atomic mass is 9.48. The summed E-state index contributed by atoms with van der Waals surface area (Å²) in [6, 6.07) is 0. The molecule has 0 aromatic rings. The van der Waals surface area contributed by atoms with Gasteiger partial charge in [0, 0.05) is 24.2 Å². The molecule has 26 heavy (non-hydrogen) atoms. The summed E-state index contributed by atoms with van der Waals surface area (Å²) in [4.78, 5) is 0. The van der Waals surface area contributed by atoms with E-state index >= 15 is 8.78 Å². The SMILES string of the molecule is C[C@@]1(O)CC[C@H]2C(C1)C(F)(F)C[C@@H]1[C@@H]2CC[C@@]2(C)[C@H]1CCC21OCCO1. The van der Waals surface area contributed by atoms with Crippen LogP contribution in [-0.2, 0) is 9.47 Å². The lowest BCUT2D eigenvalue weighted by Gasteiger charge is -2.59. The number of aliphatic hydroxyl groups is 1. The first-order valence-corrected chi connectivity index (χ1v) is 10.6. The topological polar surface area (TPSA) is 38.7 Å². The summed E-state index contributed by atoms with van der Waals surface area (Å²) in [7, 11) is 0. The number of hydrogen-bond acceptors (Lipinski definition) is 3. The molecule has 1 unspecified atom stereocenters. The Kier molecular flexibility index (Phi) is 3.71. The van der Waals surface area contributed by atoms with Crippen LogP contribution in [0.4, 0.5) is 8.78 Å². The van der Waals surface area contributed by atoms with Crippen LogP contribution in [0.2, 0.25) is 0 Å². The number of ether oxygens (including phenoxy) is 2. The molecule has 0 aromatic heterocycles. The molecule has 4 saturated carbocycles. The highest BCUT2D eigenvalue weighted by Gasteiger charge is 2.68. The second kappa shape index (κ2) is 5.42. The van der Waals surface area contributed by atoms with E-state index in [0.717, 1.165) is 32.1 Å². The van der Waals surface area contributed by atoms with Crippen molar-refractivity contribution in [3.63, 3.8) is 0 Å². The van der Waals surface area contributed by atoms with Crippen molar-refractivity contribution in [2.24, 2.45) is 35.0 Å². The van der Waals surface area contributed by atoms with Gasteiger partial charge in [-0.1, -0.05) is 6.92 Å². The summed E-state index contributed by atoms with van der Waals surface area (Å²) in [5.74, 6) is -3.05. The number of rotatable bonds is 0. The number of hydrogen-bond donors (Lipinski definition) is 1. The second-order valence-electron chi connectivity index (χ2n) is 10.4. The first-order valence-electron chi connectivity index (χ1n) is 10.6. The smallest absolute Gasteiger partial charge is 0.251 e. The largest absolute Gasteiger partial charge is 0.390 e. The van der Waals surface area contributed by atoms with E-state index in [9.17, 15) is 5.11 Å². The molecule has 7 atom stereocenters. The number of alkyl halides is 2. The highest BCUT2D eigenvalue weighted by molar-refractivity contribution is 5.13. The Morgan fingerprint density at radius 1 is 0.808 bits per heavy atom. The maximum atomic E-state index is 15.2. The number of fused-ring (bicyclic) bond motifs is 6. The van der Waals surface area contributed by atoms with Crippen LogP contribution in [0.3, 0.4) is 0 Å². The van der Waals surface area contributed by atoms with Crippen LogP contribution >= 0.6 is 0 Å². The molecule has 1 N–H and O–H groups in total. The molecule has 1 heterocycles. The van der Waals surface area contributed by atoms with Gasteiger partial charge in [0.25, 0.3) is 5.92 Å². The minimum atomic E-state index is -2.67. The van der Waals surface area contributed by atoms with Gasteiger partial charge in [-0.3, -0.25) is 0 Å².